The highest BCUT2D eigenvalue weighted by molar-refractivity contribution is 7.92. The van der Waals surface area contributed by atoms with Gasteiger partial charge in [-0.05, 0) is 57.5 Å². The van der Waals surface area contributed by atoms with E-state index in [2.05, 4.69) is 37.5 Å². The zero-order valence-electron chi connectivity index (χ0n) is 21.9. The summed E-state index contributed by atoms with van der Waals surface area (Å²) in [5.41, 5.74) is 2.63. The highest BCUT2D eigenvalue weighted by Gasteiger charge is 2.54. The van der Waals surface area contributed by atoms with Gasteiger partial charge in [0.15, 0.2) is 9.84 Å². The zero-order chi connectivity index (χ0) is 27.5. The van der Waals surface area contributed by atoms with Crippen molar-refractivity contribution in [3.8, 4) is 11.5 Å². The van der Waals surface area contributed by atoms with Gasteiger partial charge in [0.1, 0.15) is 21.6 Å². The van der Waals surface area contributed by atoms with Gasteiger partial charge >= 0.3 is 0 Å². The molecule has 2 aliphatic rings. The first kappa shape index (κ1) is 26.5. The lowest BCUT2D eigenvalue weighted by molar-refractivity contribution is 0.428. The van der Waals surface area contributed by atoms with Crippen molar-refractivity contribution in [2.75, 3.05) is 41.7 Å². The van der Waals surface area contributed by atoms with E-state index in [0.717, 1.165) is 43.6 Å². The first-order chi connectivity index (χ1) is 18.0. The van der Waals surface area contributed by atoms with Gasteiger partial charge in [0, 0.05) is 60.8 Å². The van der Waals surface area contributed by atoms with Gasteiger partial charge in [0.05, 0.1) is 21.0 Å². The third-order valence-electron chi connectivity index (χ3n) is 7.77. The minimum Gasteiger partial charge on any atom is -0.744 e. The lowest BCUT2D eigenvalue weighted by Gasteiger charge is -2.38. The third-order valence-corrected chi connectivity index (χ3v) is 10.4. The molecule has 3 aromatic rings. The topological polar surface area (TPSA) is 107 Å². The van der Waals surface area contributed by atoms with Crippen molar-refractivity contribution < 1.29 is 26.1 Å². The average Bonchev–Trinajstić information content (AvgIpc) is 3.12. The lowest BCUT2D eigenvalue weighted by Crippen LogP contribution is -2.35. The summed E-state index contributed by atoms with van der Waals surface area (Å²) in [5, 5.41) is 0. The number of anilines is 2. The summed E-state index contributed by atoms with van der Waals surface area (Å²) in [6.45, 7) is 11.5. The van der Waals surface area contributed by atoms with Crippen LogP contribution in [0.15, 0.2) is 64.4 Å². The van der Waals surface area contributed by atoms with Crippen LogP contribution in [0.1, 0.15) is 44.4 Å². The fraction of sp³-hybridized carbons (Fsp3) is 0.357. The Morgan fingerprint density at radius 2 is 1.26 bits per heavy atom. The molecule has 38 heavy (non-hydrogen) atoms. The highest BCUT2D eigenvalue weighted by atomic mass is 32.2. The number of rotatable bonds is 7. The van der Waals surface area contributed by atoms with E-state index >= 15 is 0 Å². The number of hydrogen-bond donors (Lipinski definition) is 0. The molecule has 0 bridgehead atoms. The van der Waals surface area contributed by atoms with Crippen molar-refractivity contribution in [2.45, 2.75) is 42.9 Å². The minimum atomic E-state index is -4.83. The number of sulfone groups is 1. The fourth-order valence-corrected chi connectivity index (χ4v) is 8.53. The van der Waals surface area contributed by atoms with Crippen LogP contribution in [0, 0.1) is 0 Å². The molecule has 5 rings (SSSR count). The SMILES string of the molecule is CCN(CC)c1ccc2c(c1)Oc1cc(N(CC)CC)ccc1C21CS(=O)(=O)c2cc(S(=O)(=O)[O-])ccc21. The van der Waals surface area contributed by atoms with E-state index in [4.69, 9.17) is 4.74 Å². The van der Waals surface area contributed by atoms with Crippen LogP contribution < -0.4 is 14.5 Å². The van der Waals surface area contributed by atoms with Crippen LogP contribution in [0.25, 0.3) is 0 Å². The number of hydrogen-bond acceptors (Lipinski definition) is 8. The summed E-state index contributed by atoms with van der Waals surface area (Å²) < 4.78 is 68.9. The van der Waals surface area contributed by atoms with E-state index < -0.39 is 30.3 Å². The second kappa shape index (κ2) is 9.29. The first-order valence-electron chi connectivity index (χ1n) is 12.8. The number of fused-ring (bicyclic) bond motifs is 6. The van der Waals surface area contributed by atoms with E-state index in [9.17, 15) is 21.4 Å². The van der Waals surface area contributed by atoms with Gasteiger partial charge in [-0.25, -0.2) is 16.8 Å². The predicted molar refractivity (Wildman–Crippen MR) is 146 cm³/mol. The van der Waals surface area contributed by atoms with Crippen LogP contribution in [0.3, 0.4) is 0 Å². The van der Waals surface area contributed by atoms with Crippen molar-refractivity contribution in [2.24, 2.45) is 0 Å². The quantitative estimate of drug-likeness (QED) is 0.392. The molecular weight excluding hydrogens is 524 g/mol. The molecule has 2 aliphatic heterocycles. The molecule has 3 aromatic carbocycles. The molecule has 0 aromatic heterocycles. The zero-order valence-corrected chi connectivity index (χ0v) is 23.5. The van der Waals surface area contributed by atoms with Crippen LogP contribution in [-0.2, 0) is 25.4 Å². The number of nitrogens with zero attached hydrogens (tertiary/aromatic N) is 2. The second-order valence-electron chi connectivity index (χ2n) is 9.58. The first-order valence-corrected chi connectivity index (χ1v) is 15.9. The average molecular weight is 556 g/mol. The van der Waals surface area contributed by atoms with Crippen LogP contribution in [0.5, 0.6) is 11.5 Å². The van der Waals surface area contributed by atoms with E-state index in [0.29, 0.717) is 28.2 Å². The Balaban J connectivity index is 1.82. The molecule has 0 fully saturated rings. The molecule has 0 aliphatic carbocycles. The van der Waals surface area contributed by atoms with Gasteiger partial charge in [-0.15, -0.1) is 0 Å². The van der Waals surface area contributed by atoms with Crippen molar-refractivity contribution in [3.05, 3.63) is 71.3 Å². The Morgan fingerprint density at radius 1 is 0.789 bits per heavy atom. The van der Waals surface area contributed by atoms with Gasteiger partial charge in [0.2, 0.25) is 0 Å². The van der Waals surface area contributed by atoms with Crippen molar-refractivity contribution in [1.29, 1.82) is 0 Å². The lowest BCUT2D eigenvalue weighted by atomic mass is 9.69. The molecular formula is C28H31N2O6S2-. The molecule has 0 saturated carbocycles. The highest BCUT2D eigenvalue weighted by Crippen LogP contribution is 2.58. The molecule has 10 heteroatoms. The smallest absolute Gasteiger partial charge is 0.180 e. The van der Waals surface area contributed by atoms with Crippen LogP contribution in [-0.4, -0.2) is 53.3 Å². The second-order valence-corrected chi connectivity index (χ2v) is 12.9. The molecule has 0 atom stereocenters. The molecule has 202 valence electrons. The molecule has 0 amide bonds. The minimum absolute atomic E-state index is 0.131. The summed E-state index contributed by atoms with van der Waals surface area (Å²) >= 11 is 0. The van der Waals surface area contributed by atoms with Gasteiger partial charge in [0.25, 0.3) is 0 Å². The largest absolute Gasteiger partial charge is 0.744 e. The molecule has 2 heterocycles. The predicted octanol–water partition coefficient (Wildman–Crippen LogP) is 4.51. The van der Waals surface area contributed by atoms with Gasteiger partial charge in [-0.1, -0.05) is 18.2 Å². The summed E-state index contributed by atoms with van der Waals surface area (Å²) in [5.74, 6) is 0.820. The molecule has 0 saturated heterocycles. The third kappa shape index (κ3) is 3.97. The Hall–Kier alpha value is -3.08. The van der Waals surface area contributed by atoms with E-state index in [1.54, 1.807) is 0 Å². The maximum atomic E-state index is 13.6. The van der Waals surface area contributed by atoms with Gasteiger partial charge < -0.3 is 19.1 Å². The van der Waals surface area contributed by atoms with Crippen molar-refractivity contribution in [1.82, 2.24) is 0 Å². The van der Waals surface area contributed by atoms with E-state index in [-0.39, 0.29) is 10.6 Å². The Labute approximate surface area is 224 Å². The van der Waals surface area contributed by atoms with Crippen molar-refractivity contribution in [3.63, 3.8) is 0 Å². The van der Waals surface area contributed by atoms with Crippen molar-refractivity contribution >= 4 is 31.3 Å². The molecule has 8 nitrogen and oxygen atoms in total. The summed E-state index contributed by atoms with van der Waals surface area (Å²) in [7, 11) is -8.76. The maximum absolute atomic E-state index is 13.6. The van der Waals surface area contributed by atoms with Gasteiger partial charge in [-0.3, -0.25) is 0 Å². The number of ether oxygens (including phenoxy) is 1. The van der Waals surface area contributed by atoms with E-state index in [1.807, 2.05) is 36.4 Å². The van der Waals surface area contributed by atoms with Crippen LogP contribution >= 0.6 is 0 Å². The fourth-order valence-electron chi connectivity index (χ4n) is 5.88. The van der Waals surface area contributed by atoms with E-state index in [1.165, 1.54) is 12.1 Å². The number of benzene rings is 3. The molecule has 0 unspecified atom stereocenters. The normalized spacial score (nSPS) is 16.3. The standard InChI is InChI=1S/C28H32N2O6S2/c1-5-29(6-2)19-9-12-22-25(15-19)36-26-16-20(30(7-3)8-4)10-13-23(26)28(22)18-37(31,32)27-17-21(38(33,34)35)11-14-24(27)28/h9-17H,5-8,18H2,1-4H3,(H,33,34,35)/p-1. The molecule has 0 N–H and O–H groups in total. The molecule has 0 radical (unpaired) electrons. The van der Waals surface area contributed by atoms with Gasteiger partial charge in [-0.2, -0.15) is 0 Å². The monoisotopic (exact) mass is 555 g/mol. The summed E-state index contributed by atoms with van der Waals surface area (Å²) in [6, 6.07) is 15.3. The Kier molecular flexibility index (Phi) is 6.48. The Morgan fingerprint density at radius 3 is 1.71 bits per heavy atom. The molecule has 1 spiro atoms. The summed E-state index contributed by atoms with van der Waals surface area (Å²) in [4.78, 5) is 3.68. The Bertz CT molecular complexity index is 1560. The van der Waals surface area contributed by atoms with Crippen LogP contribution in [0.2, 0.25) is 0 Å². The van der Waals surface area contributed by atoms with Crippen LogP contribution in [0.4, 0.5) is 11.4 Å². The maximum Gasteiger partial charge on any atom is 0.180 e. The summed E-state index contributed by atoms with van der Waals surface area (Å²) in [6.07, 6.45) is 0.